The Balaban J connectivity index is 1.32. The minimum atomic E-state index is 0.793. The summed E-state index contributed by atoms with van der Waals surface area (Å²) in [5.74, 6) is 0.793. The molecule has 0 atom stereocenters. The Kier molecular flexibility index (Phi) is 5.97. The summed E-state index contributed by atoms with van der Waals surface area (Å²) in [4.78, 5) is 0. The third-order valence-electron chi connectivity index (χ3n) is 10.2. The predicted octanol–water partition coefficient (Wildman–Crippen LogP) is 13.5. The van der Waals surface area contributed by atoms with E-state index in [1.165, 1.54) is 70.6 Å². The molecule has 0 radical (unpaired) electrons. The number of hydrogen-bond donors (Lipinski definition) is 0. The van der Waals surface area contributed by atoms with Gasteiger partial charge in [-0.15, -0.1) is 0 Å². The Hall–Kier alpha value is -6.38. The summed E-state index contributed by atoms with van der Waals surface area (Å²) in [5.41, 5.74) is 7.71. The number of fused-ring (bicyclic) bond motifs is 8. The molecule has 10 rings (SSSR count). The van der Waals surface area contributed by atoms with Crippen molar-refractivity contribution in [2.45, 2.75) is 6.92 Å². The van der Waals surface area contributed by atoms with Crippen LogP contribution >= 0.6 is 0 Å². The second-order valence-electron chi connectivity index (χ2n) is 12.9. The minimum Gasteiger partial charge on any atom is -0.455 e. The zero-order chi connectivity index (χ0) is 32.6. The highest BCUT2D eigenvalue weighted by molar-refractivity contribution is 6.19. The molecule has 0 bridgehead atoms. The molecule has 10 aromatic rings. The molecule has 0 aliphatic carbocycles. The average Bonchev–Trinajstić information content (AvgIpc) is 3.67. The first-order valence-electron chi connectivity index (χ1n) is 16.8. The molecule has 0 saturated heterocycles. The molecule has 0 spiro atoms. The van der Waals surface area contributed by atoms with Crippen molar-refractivity contribution < 1.29 is 4.42 Å². The number of benzene rings is 8. The molecule has 2 aromatic heterocycles. The fourth-order valence-electron chi connectivity index (χ4n) is 7.97. The van der Waals surface area contributed by atoms with Gasteiger partial charge in [0.15, 0.2) is 0 Å². The lowest BCUT2D eigenvalue weighted by atomic mass is 9.95. The van der Waals surface area contributed by atoms with Gasteiger partial charge in [-0.05, 0) is 99.4 Å². The molecule has 230 valence electrons. The maximum absolute atomic E-state index is 6.45. The van der Waals surface area contributed by atoms with Gasteiger partial charge in [-0.3, -0.25) is 0 Å². The van der Waals surface area contributed by atoms with Crippen molar-refractivity contribution in [2.75, 3.05) is 0 Å². The fraction of sp³-hybridized carbons (Fsp3) is 0.0213. The van der Waals surface area contributed by atoms with Crippen molar-refractivity contribution in [3.8, 4) is 16.8 Å². The summed E-state index contributed by atoms with van der Waals surface area (Å²) in [6.45, 7) is 6.06. The average molecular weight is 626 g/mol. The van der Waals surface area contributed by atoms with Crippen molar-refractivity contribution in [1.82, 2.24) is 4.57 Å². The summed E-state index contributed by atoms with van der Waals surface area (Å²) in [6, 6.07) is 51.3. The zero-order valence-corrected chi connectivity index (χ0v) is 27.1. The van der Waals surface area contributed by atoms with Crippen molar-refractivity contribution >= 4 is 88.0 Å². The van der Waals surface area contributed by atoms with Crippen LogP contribution in [0.25, 0.3) is 105 Å². The van der Waals surface area contributed by atoms with Gasteiger partial charge in [-0.1, -0.05) is 110 Å². The Morgan fingerprint density at radius 2 is 1.12 bits per heavy atom. The molecule has 0 amide bonds. The number of para-hydroxylation sites is 2. The maximum atomic E-state index is 6.45. The van der Waals surface area contributed by atoms with E-state index in [0.717, 1.165) is 33.4 Å². The van der Waals surface area contributed by atoms with Crippen LogP contribution < -0.4 is 0 Å². The van der Waals surface area contributed by atoms with E-state index in [1.807, 2.05) is 13.0 Å². The van der Waals surface area contributed by atoms with Gasteiger partial charge >= 0.3 is 0 Å². The first-order chi connectivity index (χ1) is 24.2. The second kappa shape index (κ2) is 10.6. The SMILES string of the molecule is C=Cc1oc2c(-c3ccc4c(c3)c3ccccc3n4-c3c4cc5ccccc5cc4cc4cc5ccccc5cc34)cccc2c1/C=C\C. The molecule has 0 aliphatic rings. The van der Waals surface area contributed by atoms with Crippen LogP contribution in [0.3, 0.4) is 0 Å². The minimum absolute atomic E-state index is 0.793. The predicted molar refractivity (Wildman–Crippen MR) is 211 cm³/mol. The van der Waals surface area contributed by atoms with Gasteiger partial charge in [0.25, 0.3) is 0 Å². The van der Waals surface area contributed by atoms with Crippen molar-refractivity contribution in [3.63, 3.8) is 0 Å². The summed E-state index contributed by atoms with van der Waals surface area (Å²) in [6.07, 6.45) is 5.95. The van der Waals surface area contributed by atoms with Gasteiger partial charge in [0.05, 0.1) is 16.7 Å². The van der Waals surface area contributed by atoms with Crippen LogP contribution in [0, 0.1) is 0 Å². The number of aromatic nitrogens is 1. The molecular formula is C47H31NO. The van der Waals surface area contributed by atoms with E-state index in [0.29, 0.717) is 0 Å². The number of nitrogens with zero attached hydrogens (tertiary/aromatic N) is 1. The third kappa shape index (κ3) is 4.07. The lowest BCUT2D eigenvalue weighted by molar-refractivity contribution is 0.604. The smallest absolute Gasteiger partial charge is 0.143 e. The highest BCUT2D eigenvalue weighted by Crippen LogP contribution is 2.43. The monoisotopic (exact) mass is 625 g/mol. The largest absolute Gasteiger partial charge is 0.455 e. The highest BCUT2D eigenvalue weighted by atomic mass is 16.3. The molecule has 0 unspecified atom stereocenters. The van der Waals surface area contributed by atoms with Gasteiger partial charge in [0.1, 0.15) is 11.3 Å². The van der Waals surface area contributed by atoms with Crippen molar-refractivity contribution in [3.05, 3.63) is 164 Å². The summed E-state index contributed by atoms with van der Waals surface area (Å²) >= 11 is 0. The van der Waals surface area contributed by atoms with E-state index < -0.39 is 0 Å². The first-order valence-corrected chi connectivity index (χ1v) is 16.8. The number of rotatable bonds is 4. The molecule has 2 heteroatoms. The Labute approximate surface area is 283 Å². The number of hydrogen-bond acceptors (Lipinski definition) is 1. The number of allylic oxidation sites excluding steroid dienone is 1. The molecule has 8 aromatic carbocycles. The van der Waals surface area contributed by atoms with Crippen LogP contribution in [-0.2, 0) is 0 Å². The van der Waals surface area contributed by atoms with E-state index in [9.17, 15) is 0 Å². The lowest BCUT2D eigenvalue weighted by Gasteiger charge is -2.17. The normalized spacial score (nSPS) is 12.2. The summed E-state index contributed by atoms with van der Waals surface area (Å²) in [7, 11) is 0. The number of furan rings is 1. The van der Waals surface area contributed by atoms with Crippen LogP contribution in [0.5, 0.6) is 0 Å². The van der Waals surface area contributed by atoms with Crippen LogP contribution in [0.4, 0.5) is 0 Å². The summed E-state index contributed by atoms with van der Waals surface area (Å²) < 4.78 is 8.95. The fourth-order valence-corrected chi connectivity index (χ4v) is 7.97. The van der Waals surface area contributed by atoms with E-state index in [4.69, 9.17) is 4.42 Å². The van der Waals surface area contributed by atoms with E-state index in [2.05, 4.69) is 157 Å². The zero-order valence-electron chi connectivity index (χ0n) is 27.1. The van der Waals surface area contributed by atoms with Crippen molar-refractivity contribution in [1.29, 1.82) is 0 Å². The molecular weight excluding hydrogens is 595 g/mol. The van der Waals surface area contributed by atoms with Gasteiger partial charge < -0.3 is 8.98 Å². The topological polar surface area (TPSA) is 18.1 Å². The van der Waals surface area contributed by atoms with Crippen LogP contribution in [-0.4, -0.2) is 4.57 Å². The molecule has 0 saturated carbocycles. The van der Waals surface area contributed by atoms with Gasteiger partial charge in [0, 0.05) is 38.1 Å². The molecule has 0 aliphatic heterocycles. The Morgan fingerprint density at radius 1 is 0.531 bits per heavy atom. The molecule has 2 heterocycles. The van der Waals surface area contributed by atoms with Crippen molar-refractivity contribution in [2.24, 2.45) is 0 Å². The standard InChI is InChI=1S/C47H31NO/c1-3-12-38-39-19-11-18-36(47(39)49-45(38)4-2)33-21-22-44-42(28-33)37-17-9-10-20-43(37)48(44)46-40-26-31-15-7-5-13-29(31)23-34(40)25-35-24-30-14-6-8-16-32(30)27-41(35)46/h3-28H,2H2,1H3/b12-3-. The van der Waals surface area contributed by atoms with E-state index in [-0.39, 0.29) is 0 Å². The molecule has 2 nitrogen and oxygen atoms in total. The quantitative estimate of drug-likeness (QED) is 0.178. The Morgan fingerprint density at radius 3 is 1.80 bits per heavy atom. The van der Waals surface area contributed by atoms with Gasteiger partial charge in [0.2, 0.25) is 0 Å². The van der Waals surface area contributed by atoms with Crippen LogP contribution in [0.2, 0.25) is 0 Å². The van der Waals surface area contributed by atoms with Gasteiger partial charge in [-0.2, -0.15) is 0 Å². The maximum Gasteiger partial charge on any atom is 0.143 e. The first kappa shape index (κ1) is 27.7. The molecule has 0 N–H and O–H groups in total. The Bertz CT molecular complexity index is 2930. The highest BCUT2D eigenvalue weighted by Gasteiger charge is 2.20. The lowest BCUT2D eigenvalue weighted by Crippen LogP contribution is -1.98. The molecule has 0 fully saturated rings. The van der Waals surface area contributed by atoms with E-state index in [1.54, 1.807) is 6.08 Å². The summed E-state index contributed by atoms with van der Waals surface area (Å²) in [5, 5.41) is 13.4. The third-order valence-corrected chi connectivity index (χ3v) is 10.2. The molecule has 49 heavy (non-hydrogen) atoms. The van der Waals surface area contributed by atoms with Crippen LogP contribution in [0.1, 0.15) is 18.2 Å². The second-order valence-corrected chi connectivity index (χ2v) is 12.9. The van der Waals surface area contributed by atoms with Gasteiger partial charge in [-0.25, -0.2) is 0 Å². The van der Waals surface area contributed by atoms with E-state index >= 15 is 0 Å². The van der Waals surface area contributed by atoms with Crippen LogP contribution in [0.15, 0.2) is 157 Å².